The predicted molar refractivity (Wildman–Crippen MR) is 112 cm³/mol. The van der Waals surface area contributed by atoms with Gasteiger partial charge in [0.25, 0.3) is 0 Å². The molecule has 1 aliphatic rings. The molecule has 1 aromatic heterocycles. The molecule has 8 heteroatoms. The molecule has 156 valence electrons. The number of ether oxygens (including phenoxy) is 3. The van der Waals surface area contributed by atoms with Gasteiger partial charge >= 0.3 is 12.1 Å². The number of nitrogens with zero attached hydrogens (tertiary/aromatic N) is 1. The number of benzene rings is 1. The molecule has 0 N–H and O–H groups in total. The van der Waals surface area contributed by atoms with Gasteiger partial charge in [0.1, 0.15) is 11.6 Å². The van der Waals surface area contributed by atoms with Crippen LogP contribution in [-0.2, 0) is 27.2 Å². The van der Waals surface area contributed by atoms with Crippen LogP contribution in [0.2, 0.25) is 5.02 Å². The Morgan fingerprint density at radius 3 is 2.62 bits per heavy atom. The molecule has 0 saturated heterocycles. The van der Waals surface area contributed by atoms with Gasteiger partial charge in [-0.25, -0.2) is 9.59 Å². The molecule has 2 aromatic rings. The zero-order valence-corrected chi connectivity index (χ0v) is 18.4. The van der Waals surface area contributed by atoms with Gasteiger partial charge in [-0.3, -0.25) is 4.90 Å². The molecule has 29 heavy (non-hydrogen) atoms. The molecule has 0 radical (unpaired) electrons. The van der Waals surface area contributed by atoms with Crippen LogP contribution in [0.4, 0.5) is 4.79 Å². The van der Waals surface area contributed by atoms with E-state index >= 15 is 0 Å². The van der Waals surface area contributed by atoms with Gasteiger partial charge in [0.2, 0.25) is 0 Å². The zero-order chi connectivity index (χ0) is 21.2. The van der Waals surface area contributed by atoms with Gasteiger partial charge in [-0.05, 0) is 50.5 Å². The van der Waals surface area contributed by atoms with Crippen molar-refractivity contribution in [2.45, 2.75) is 45.4 Å². The standard InChI is InChI=1S/C21H24ClNO5S/c1-21(2,3)28-20(25)27-17-11-13-12-23(10-9-16(13)29-17)18(19(24)26-4)14-7-5-6-8-15(14)22/h5-8,11,18H,9-10,12H2,1-4H3. The van der Waals surface area contributed by atoms with Gasteiger partial charge in [-0.2, -0.15) is 0 Å². The molecule has 1 atom stereocenters. The third-order valence-electron chi connectivity index (χ3n) is 4.44. The number of hydrogen-bond acceptors (Lipinski definition) is 7. The van der Waals surface area contributed by atoms with E-state index < -0.39 is 17.8 Å². The van der Waals surface area contributed by atoms with E-state index in [0.29, 0.717) is 28.7 Å². The minimum Gasteiger partial charge on any atom is -0.468 e. The van der Waals surface area contributed by atoms with Crippen LogP contribution < -0.4 is 4.74 Å². The van der Waals surface area contributed by atoms with Crippen molar-refractivity contribution in [3.63, 3.8) is 0 Å². The van der Waals surface area contributed by atoms with Crippen LogP contribution >= 0.6 is 22.9 Å². The van der Waals surface area contributed by atoms with Gasteiger partial charge in [0.05, 0.1) is 7.11 Å². The van der Waals surface area contributed by atoms with E-state index in [1.54, 1.807) is 26.8 Å². The Labute approximate surface area is 179 Å². The lowest BCUT2D eigenvalue weighted by Gasteiger charge is -2.33. The van der Waals surface area contributed by atoms with Crippen molar-refractivity contribution < 1.29 is 23.8 Å². The molecule has 1 unspecified atom stereocenters. The van der Waals surface area contributed by atoms with Crippen LogP contribution in [-0.4, -0.2) is 36.3 Å². The quantitative estimate of drug-likeness (QED) is 0.628. The topological polar surface area (TPSA) is 65.1 Å². The smallest absolute Gasteiger partial charge is 0.468 e. The maximum Gasteiger partial charge on any atom is 0.515 e. The second-order valence-electron chi connectivity index (χ2n) is 7.75. The third kappa shape index (κ3) is 5.29. The van der Waals surface area contributed by atoms with Crippen molar-refractivity contribution in [2.24, 2.45) is 0 Å². The van der Waals surface area contributed by atoms with Gasteiger partial charge < -0.3 is 14.2 Å². The largest absolute Gasteiger partial charge is 0.515 e. The molecule has 2 heterocycles. The second-order valence-corrected chi connectivity index (χ2v) is 9.25. The normalized spacial score (nSPS) is 15.3. The van der Waals surface area contributed by atoms with Crippen LogP contribution in [0.25, 0.3) is 0 Å². The monoisotopic (exact) mass is 437 g/mol. The summed E-state index contributed by atoms with van der Waals surface area (Å²) < 4.78 is 15.6. The summed E-state index contributed by atoms with van der Waals surface area (Å²) in [4.78, 5) is 27.6. The fourth-order valence-electron chi connectivity index (χ4n) is 3.23. The van der Waals surface area contributed by atoms with Crippen LogP contribution in [0, 0.1) is 0 Å². The van der Waals surface area contributed by atoms with Crippen LogP contribution in [0.1, 0.15) is 42.8 Å². The highest BCUT2D eigenvalue weighted by Gasteiger charge is 2.33. The van der Waals surface area contributed by atoms with Gasteiger partial charge in [0, 0.05) is 23.0 Å². The number of carbonyl (C=O) groups is 2. The van der Waals surface area contributed by atoms with E-state index in [0.717, 1.165) is 16.9 Å². The fourth-order valence-corrected chi connectivity index (χ4v) is 4.47. The Morgan fingerprint density at radius 1 is 1.24 bits per heavy atom. The highest BCUT2D eigenvalue weighted by molar-refractivity contribution is 7.14. The first-order valence-electron chi connectivity index (χ1n) is 9.26. The van der Waals surface area contributed by atoms with Crippen LogP contribution in [0.15, 0.2) is 30.3 Å². The van der Waals surface area contributed by atoms with Crippen LogP contribution in [0.3, 0.4) is 0 Å². The number of hydrogen-bond donors (Lipinski definition) is 0. The first-order valence-corrected chi connectivity index (χ1v) is 10.5. The zero-order valence-electron chi connectivity index (χ0n) is 16.9. The predicted octanol–water partition coefficient (Wildman–Crippen LogP) is 4.99. The lowest BCUT2D eigenvalue weighted by atomic mass is 10.0. The average molecular weight is 438 g/mol. The lowest BCUT2D eigenvalue weighted by molar-refractivity contribution is -0.147. The van der Waals surface area contributed by atoms with E-state index in [9.17, 15) is 9.59 Å². The fraction of sp³-hybridized carbons (Fsp3) is 0.429. The second kappa shape index (κ2) is 8.73. The molecule has 0 bridgehead atoms. The van der Waals surface area contributed by atoms with Crippen molar-refractivity contribution in [1.82, 2.24) is 4.90 Å². The Bertz CT molecular complexity index is 905. The minimum atomic E-state index is -0.726. The maximum atomic E-state index is 12.6. The molecule has 6 nitrogen and oxygen atoms in total. The summed E-state index contributed by atoms with van der Waals surface area (Å²) in [6.07, 6.45) is 0.00627. The highest BCUT2D eigenvalue weighted by Crippen LogP contribution is 2.38. The summed E-state index contributed by atoms with van der Waals surface area (Å²) in [5, 5.41) is 1.01. The molecule has 0 aliphatic carbocycles. The number of rotatable bonds is 4. The van der Waals surface area contributed by atoms with E-state index in [1.807, 2.05) is 29.2 Å². The molecule has 0 fully saturated rings. The van der Waals surface area contributed by atoms with Crippen molar-refractivity contribution in [2.75, 3.05) is 13.7 Å². The summed E-state index contributed by atoms with van der Waals surface area (Å²) in [6, 6.07) is 8.51. The van der Waals surface area contributed by atoms with Crippen molar-refractivity contribution in [3.8, 4) is 5.06 Å². The van der Waals surface area contributed by atoms with E-state index in [4.69, 9.17) is 25.8 Å². The third-order valence-corrected chi connectivity index (χ3v) is 5.90. The molecule has 0 amide bonds. The number of halogens is 1. The summed E-state index contributed by atoms with van der Waals surface area (Å²) in [7, 11) is 1.37. The van der Waals surface area contributed by atoms with Crippen molar-refractivity contribution >= 4 is 35.1 Å². The first-order chi connectivity index (χ1) is 13.7. The number of fused-ring (bicyclic) bond motifs is 1. The molecule has 0 saturated carbocycles. The Morgan fingerprint density at radius 2 is 1.97 bits per heavy atom. The average Bonchev–Trinajstić information content (AvgIpc) is 3.03. The lowest BCUT2D eigenvalue weighted by Crippen LogP contribution is -2.38. The summed E-state index contributed by atoms with van der Waals surface area (Å²) in [6.45, 7) is 6.53. The Balaban J connectivity index is 1.79. The maximum absolute atomic E-state index is 12.6. The summed E-state index contributed by atoms with van der Waals surface area (Å²) in [5.74, 6) is -0.359. The molecule has 0 spiro atoms. The van der Waals surface area contributed by atoms with Gasteiger partial charge in [-0.15, -0.1) is 11.3 Å². The number of carbonyl (C=O) groups excluding carboxylic acids is 2. The van der Waals surface area contributed by atoms with Crippen molar-refractivity contribution in [1.29, 1.82) is 0 Å². The van der Waals surface area contributed by atoms with E-state index in [2.05, 4.69) is 0 Å². The van der Waals surface area contributed by atoms with E-state index in [-0.39, 0.29) is 5.97 Å². The van der Waals surface area contributed by atoms with E-state index in [1.165, 1.54) is 18.4 Å². The van der Waals surface area contributed by atoms with Gasteiger partial charge in [0.15, 0.2) is 5.06 Å². The Kier molecular flexibility index (Phi) is 6.51. The molecule has 3 rings (SSSR count). The summed E-state index contributed by atoms with van der Waals surface area (Å²) >= 11 is 7.77. The van der Waals surface area contributed by atoms with Crippen LogP contribution in [0.5, 0.6) is 5.06 Å². The molecule has 1 aliphatic heterocycles. The number of methoxy groups -OCH3 is 1. The van der Waals surface area contributed by atoms with Gasteiger partial charge in [-0.1, -0.05) is 29.8 Å². The summed E-state index contributed by atoms with van der Waals surface area (Å²) in [5.41, 5.74) is 1.11. The SMILES string of the molecule is COC(=O)C(c1ccccc1Cl)N1CCc2sc(OC(=O)OC(C)(C)C)cc2C1. The number of esters is 1. The highest BCUT2D eigenvalue weighted by atomic mass is 35.5. The number of thiophene rings is 1. The first kappa shape index (κ1) is 21.6. The van der Waals surface area contributed by atoms with Crippen molar-refractivity contribution in [3.05, 3.63) is 51.4 Å². The minimum absolute atomic E-state index is 0.359. The molecule has 1 aromatic carbocycles. The molecular formula is C21H24ClNO5S. The molecular weight excluding hydrogens is 414 g/mol. The Hall–Kier alpha value is -2.09.